The molecule has 0 aliphatic carbocycles. The molecule has 1 radical (unpaired) electrons. The van der Waals surface area contributed by atoms with Gasteiger partial charge in [0.2, 0.25) is 0 Å². The molecule has 0 atom stereocenters. The molecule has 0 N–H and O–H groups in total. The summed E-state index contributed by atoms with van der Waals surface area (Å²) in [5.41, 5.74) is 0. The second-order valence-electron chi connectivity index (χ2n) is 5.62. The van der Waals surface area contributed by atoms with Crippen LogP contribution in [0.1, 0.15) is 72.1 Å². The van der Waals surface area contributed by atoms with Crippen LogP contribution in [0.2, 0.25) is 0 Å². The predicted octanol–water partition coefficient (Wildman–Crippen LogP) is 7.26. The van der Waals surface area contributed by atoms with Crippen molar-refractivity contribution in [2.45, 2.75) is 72.1 Å². The smallest absolute Gasteiger partial charge is 0 e. The molecule has 0 nitrogen and oxygen atoms in total. The largest absolute Gasteiger partial charge is 0.293 e. The molecule has 0 spiro atoms. The SMILES string of the molecule is [CH-]=C/C=C\C/C=C\CCCC(C)C.[CH2-]/C=C\CCCCC.[Y]. The van der Waals surface area contributed by atoms with Crippen LogP contribution < -0.4 is 0 Å². The molecule has 0 saturated carbocycles. The molecule has 0 aromatic heterocycles. The number of rotatable bonds is 11. The quantitative estimate of drug-likeness (QED) is 0.154. The average Bonchev–Trinajstić information content (AvgIpc) is 2.47. The Kier molecular flexibility index (Phi) is 31.5. The van der Waals surface area contributed by atoms with Crippen LogP contribution in [0.5, 0.6) is 0 Å². The molecule has 125 valence electrons. The molecule has 22 heavy (non-hydrogen) atoms. The zero-order valence-corrected chi connectivity index (χ0v) is 18.0. The van der Waals surface area contributed by atoms with Crippen molar-refractivity contribution < 1.29 is 32.7 Å². The van der Waals surface area contributed by atoms with Crippen LogP contribution in [0.3, 0.4) is 0 Å². The van der Waals surface area contributed by atoms with E-state index in [0.717, 1.165) is 12.3 Å². The van der Waals surface area contributed by atoms with Crippen molar-refractivity contribution in [3.63, 3.8) is 0 Å². The first-order valence-electron chi connectivity index (χ1n) is 8.48. The van der Waals surface area contributed by atoms with Crippen molar-refractivity contribution in [2.24, 2.45) is 5.92 Å². The molecular weight excluding hydrogens is 341 g/mol. The van der Waals surface area contributed by atoms with E-state index < -0.39 is 0 Å². The summed E-state index contributed by atoms with van der Waals surface area (Å²) in [5, 5.41) is 0. The van der Waals surface area contributed by atoms with E-state index in [0.29, 0.717) is 0 Å². The third-order valence-corrected chi connectivity index (χ3v) is 2.98. The number of unbranched alkanes of at least 4 members (excludes halogenated alkanes) is 4. The Morgan fingerprint density at radius 3 is 2.18 bits per heavy atom. The van der Waals surface area contributed by atoms with E-state index in [1.165, 1.54) is 44.9 Å². The normalized spacial score (nSPS) is 10.9. The fourth-order valence-electron chi connectivity index (χ4n) is 1.72. The molecule has 1 heteroatoms. The average molecular weight is 377 g/mol. The van der Waals surface area contributed by atoms with Gasteiger partial charge in [-0.05, 0) is 25.2 Å². The molecule has 0 unspecified atom stereocenters. The zero-order valence-electron chi connectivity index (χ0n) is 15.1. The van der Waals surface area contributed by atoms with Crippen molar-refractivity contribution in [3.05, 3.63) is 56.0 Å². The molecule has 0 aliphatic rings. The van der Waals surface area contributed by atoms with Crippen molar-refractivity contribution in [2.75, 3.05) is 0 Å². The van der Waals surface area contributed by atoms with Gasteiger partial charge in [-0.15, -0.1) is 6.42 Å². The third-order valence-electron chi connectivity index (χ3n) is 2.98. The minimum atomic E-state index is 0. The van der Waals surface area contributed by atoms with E-state index in [4.69, 9.17) is 6.58 Å². The van der Waals surface area contributed by atoms with Crippen LogP contribution in [-0.2, 0) is 32.7 Å². The molecule has 0 amide bonds. The Hall–Kier alpha value is -0.0661. The maximum Gasteiger partial charge on any atom is 0 e. The van der Waals surface area contributed by atoms with Gasteiger partial charge in [0.25, 0.3) is 0 Å². The van der Waals surface area contributed by atoms with E-state index in [1.54, 1.807) is 6.08 Å². The van der Waals surface area contributed by atoms with Gasteiger partial charge in [-0.1, -0.05) is 58.6 Å². The Morgan fingerprint density at radius 1 is 0.955 bits per heavy atom. The third kappa shape index (κ3) is 32.0. The van der Waals surface area contributed by atoms with Crippen LogP contribution in [0.15, 0.2) is 42.5 Å². The van der Waals surface area contributed by atoms with Crippen LogP contribution in [-0.4, -0.2) is 0 Å². The standard InChI is InChI=1S/C13H21.C8H15.Y/c1-4-5-6-7-8-9-10-11-12-13(2)3;1-3-5-7-8-6-4-2;/h1,4-6,8-9,13H,7,10-12H2,2-3H3;3,5H,1,4,6-8H2,2H3;/q2*-1;/b6-5-,9-8-;5-3-;. The number of hydrogen-bond donors (Lipinski definition) is 0. The van der Waals surface area contributed by atoms with Gasteiger partial charge in [0, 0.05) is 32.7 Å². The summed E-state index contributed by atoms with van der Waals surface area (Å²) in [6, 6.07) is 0. The molecular formula is C21H36Y-2. The number of allylic oxidation sites excluding steroid dienone is 7. The molecule has 0 heterocycles. The Morgan fingerprint density at radius 2 is 1.64 bits per heavy atom. The van der Waals surface area contributed by atoms with Crippen LogP contribution in [0.25, 0.3) is 0 Å². The minimum absolute atomic E-state index is 0. The van der Waals surface area contributed by atoms with Gasteiger partial charge in [-0.25, -0.2) is 31.2 Å². The molecule has 0 rings (SSSR count). The van der Waals surface area contributed by atoms with Crippen LogP contribution in [0.4, 0.5) is 0 Å². The summed E-state index contributed by atoms with van der Waals surface area (Å²) in [7, 11) is 0. The molecule has 0 aromatic rings. The van der Waals surface area contributed by atoms with Gasteiger partial charge < -0.3 is 0 Å². The van der Waals surface area contributed by atoms with E-state index in [1.807, 2.05) is 12.2 Å². The van der Waals surface area contributed by atoms with E-state index in [2.05, 4.69) is 52.0 Å². The van der Waals surface area contributed by atoms with E-state index in [-0.39, 0.29) is 32.7 Å². The Labute approximate surface area is 166 Å². The van der Waals surface area contributed by atoms with Crippen molar-refractivity contribution >= 4 is 0 Å². The minimum Gasteiger partial charge on any atom is -0.293 e. The predicted molar refractivity (Wildman–Crippen MR) is 99.1 cm³/mol. The summed E-state index contributed by atoms with van der Waals surface area (Å²) in [6.07, 6.45) is 24.0. The van der Waals surface area contributed by atoms with E-state index >= 15 is 0 Å². The molecule has 0 aromatic carbocycles. The molecule has 0 fully saturated rings. The number of hydrogen-bond acceptors (Lipinski definition) is 0. The maximum absolute atomic E-state index is 5.19. The van der Waals surface area contributed by atoms with Gasteiger partial charge in [-0.2, -0.15) is 6.08 Å². The Bertz CT molecular complexity index is 272. The second-order valence-corrected chi connectivity index (χ2v) is 5.62. The van der Waals surface area contributed by atoms with E-state index in [9.17, 15) is 0 Å². The van der Waals surface area contributed by atoms with Crippen molar-refractivity contribution in [1.29, 1.82) is 0 Å². The van der Waals surface area contributed by atoms with Crippen molar-refractivity contribution in [1.82, 2.24) is 0 Å². The van der Waals surface area contributed by atoms with Gasteiger partial charge in [-0.3, -0.25) is 6.58 Å². The van der Waals surface area contributed by atoms with Gasteiger partial charge in [0.15, 0.2) is 0 Å². The first-order chi connectivity index (χ1) is 10.2. The van der Waals surface area contributed by atoms with Gasteiger partial charge >= 0.3 is 0 Å². The monoisotopic (exact) mass is 377 g/mol. The fraction of sp³-hybridized carbons (Fsp3) is 0.571. The van der Waals surface area contributed by atoms with Crippen LogP contribution in [0, 0.1) is 19.4 Å². The summed E-state index contributed by atoms with van der Waals surface area (Å²) in [5.74, 6) is 0.833. The van der Waals surface area contributed by atoms with Gasteiger partial charge in [0.1, 0.15) is 0 Å². The zero-order chi connectivity index (χ0) is 16.2. The summed E-state index contributed by atoms with van der Waals surface area (Å²) in [4.78, 5) is 0. The topological polar surface area (TPSA) is 0 Å². The van der Waals surface area contributed by atoms with Crippen LogP contribution >= 0.6 is 0 Å². The molecule has 0 bridgehead atoms. The summed E-state index contributed by atoms with van der Waals surface area (Å²) in [6.45, 7) is 15.5. The summed E-state index contributed by atoms with van der Waals surface area (Å²) >= 11 is 0. The first kappa shape index (κ1) is 26.8. The summed E-state index contributed by atoms with van der Waals surface area (Å²) < 4.78 is 0. The fourth-order valence-corrected chi connectivity index (χ4v) is 1.72. The maximum atomic E-state index is 5.19. The molecule has 0 aliphatic heterocycles. The first-order valence-corrected chi connectivity index (χ1v) is 8.48. The van der Waals surface area contributed by atoms with Gasteiger partial charge in [0.05, 0.1) is 0 Å². The Balaban J connectivity index is -0.000000348. The second kappa shape index (κ2) is 25.9. The molecule has 0 saturated heterocycles. The van der Waals surface area contributed by atoms with Crippen molar-refractivity contribution in [3.8, 4) is 0 Å².